The normalized spacial score (nSPS) is 11.6. The summed E-state index contributed by atoms with van der Waals surface area (Å²) in [4.78, 5) is 31.7. The molecule has 62 heavy (non-hydrogen) atoms. The van der Waals surface area contributed by atoms with Crippen LogP contribution < -0.4 is 4.90 Å². The average Bonchev–Trinajstić information content (AvgIpc) is 3.83. The largest absolute Gasteiger partial charge is 0.308 e. The second kappa shape index (κ2) is 19.3. The van der Waals surface area contributed by atoms with E-state index in [1.54, 1.807) is 6.07 Å². The van der Waals surface area contributed by atoms with Gasteiger partial charge in [-0.1, -0.05) is 176 Å². The fourth-order valence-corrected chi connectivity index (χ4v) is 8.12. The standard InChI is InChI=1S/C50H32N2O2.C4H8.2C2H4/c53-49-41-28-16-30-45(51-44-29-14-13-25-39(44)40-27-15-26-38(47(40)51)34-19-7-2-8-20-34)46(41)50(54)52(49)48-42(35-21-9-3-10-22-35)31-37(33-17-5-1-6-18-33)32-43(48)36-23-11-4-12-24-36;1-3-4-2;2*1-2/h1-32H;3-4H,1-2H3;2*1-2H2/b;4-3-;;. The molecule has 4 heteroatoms. The summed E-state index contributed by atoms with van der Waals surface area (Å²) in [5.74, 6) is -0.696. The topological polar surface area (TPSA) is 42.3 Å². The minimum atomic E-state index is -0.351. The molecule has 9 aromatic rings. The van der Waals surface area contributed by atoms with Crippen molar-refractivity contribution in [3.05, 3.63) is 244 Å². The second-order valence-electron chi connectivity index (χ2n) is 14.3. The van der Waals surface area contributed by atoms with Gasteiger partial charge in [-0.05, 0) is 72.0 Å². The number of hydrogen-bond donors (Lipinski definition) is 0. The highest BCUT2D eigenvalue weighted by molar-refractivity contribution is 6.37. The molecule has 2 amide bonds. The van der Waals surface area contributed by atoms with Crippen molar-refractivity contribution in [1.29, 1.82) is 0 Å². The van der Waals surface area contributed by atoms with Crippen LogP contribution >= 0.6 is 0 Å². The molecule has 1 aliphatic rings. The number of amides is 2. The van der Waals surface area contributed by atoms with Crippen LogP contribution in [0.2, 0.25) is 0 Å². The van der Waals surface area contributed by atoms with Gasteiger partial charge in [0.05, 0.1) is 33.5 Å². The van der Waals surface area contributed by atoms with Crippen LogP contribution in [0.4, 0.5) is 5.69 Å². The summed E-state index contributed by atoms with van der Waals surface area (Å²) in [7, 11) is 0. The summed E-state index contributed by atoms with van der Waals surface area (Å²) in [6.45, 7) is 16.0. The van der Waals surface area contributed by atoms with Gasteiger partial charge in [0.2, 0.25) is 0 Å². The van der Waals surface area contributed by atoms with Gasteiger partial charge in [-0.2, -0.15) is 0 Å². The van der Waals surface area contributed by atoms with Gasteiger partial charge in [0, 0.05) is 27.5 Å². The predicted octanol–water partition coefficient (Wildman–Crippen LogP) is 15.4. The lowest BCUT2D eigenvalue weighted by atomic mass is 9.90. The number of allylic oxidation sites excluding steroid dienone is 2. The number of carbonyl (C=O) groups excluding carboxylic acids is 2. The molecule has 0 saturated carbocycles. The fourth-order valence-electron chi connectivity index (χ4n) is 8.12. The third-order valence-electron chi connectivity index (χ3n) is 10.9. The monoisotopic (exact) mass is 804 g/mol. The summed E-state index contributed by atoms with van der Waals surface area (Å²) in [5.41, 5.74) is 11.5. The molecule has 0 spiro atoms. The lowest BCUT2D eigenvalue weighted by Gasteiger charge is -2.24. The van der Waals surface area contributed by atoms with E-state index >= 15 is 4.79 Å². The van der Waals surface area contributed by atoms with Gasteiger partial charge < -0.3 is 4.57 Å². The Kier molecular flexibility index (Phi) is 13.1. The maximum atomic E-state index is 15.4. The zero-order chi connectivity index (χ0) is 43.6. The van der Waals surface area contributed by atoms with Gasteiger partial charge in [0.25, 0.3) is 11.8 Å². The molecule has 0 saturated heterocycles. The molecule has 2 heterocycles. The first kappa shape index (κ1) is 42.1. The van der Waals surface area contributed by atoms with Crippen LogP contribution in [0.25, 0.3) is 72.0 Å². The van der Waals surface area contributed by atoms with Gasteiger partial charge in [-0.3, -0.25) is 9.59 Å². The van der Waals surface area contributed by atoms with Crippen LogP contribution in [-0.4, -0.2) is 16.4 Å². The van der Waals surface area contributed by atoms with Crippen LogP contribution in [0, 0.1) is 0 Å². The number of para-hydroxylation sites is 2. The number of nitrogens with zero attached hydrogens (tertiary/aromatic N) is 2. The first-order chi connectivity index (χ1) is 30.6. The minimum absolute atomic E-state index is 0.345. The Bertz CT molecular complexity index is 2950. The molecule has 10 rings (SSSR count). The van der Waals surface area contributed by atoms with E-state index in [0.717, 1.165) is 66.3 Å². The van der Waals surface area contributed by atoms with E-state index in [1.165, 1.54) is 4.90 Å². The van der Waals surface area contributed by atoms with Crippen molar-refractivity contribution in [2.24, 2.45) is 0 Å². The van der Waals surface area contributed by atoms with E-state index in [9.17, 15) is 4.79 Å². The fraction of sp³-hybridized carbons (Fsp3) is 0.0345. The third kappa shape index (κ3) is 7.74. The Balaban J connectivity index is 0.000000677. The molecular weight excluding hydrogens is 757 g/mol. The smallest absolute Gasteiger partial charge is 0.268 e. The van der Waals surface area contributed by atoms with Crippen molar-refractivity contribution >= 4 is 39.3 Å². The molecule has 0 N–H and O–H groups in total. The first-order valence-corrected chi connectivity index (χ1v) is 20.6. The molecule has 1 aromatic heterocycles. The maximum absolute atomic E-state index is 15.4. The molecule has 0 atom stereocenters. The molecule has 0 bridgehead atoms. The molecule has 8 aromatic carbocycles. The van der Waals surface area contributed by atoms with Crippen LogP contribution in [0.1, 0.15) is 34.6 Å². The van der Waals surface area contributed by atoms with Crippen LogP contribution in [0.15, 0.2) is 233 Å². The van der Waals surface area contributed by atoms with Crippen molar-refractivity contribution in [1.82, 2.24) is 4.57 Å². The van der Waals surface area contributed by atoms with E-state index in [2.05, 4.69) is 97.6 Å². The summed E-state index contributed by atoms with van der Waals surface area (Å²) in [5, 5.41) is 2.15. The van der Waals surface area contributed by atoms with Crippen molar-refractivity contribution in [3.63, 3.8) is 0 Å². The number of rotatable bonds is 6. The summed E-state index contributed by atoms with van der Waals surface area (Å²) >= 11 is 0. The lowest BCUT2D eigenvalue weighted by Crippen LogP contribution is -2.30. The average molecular weight is 805 g/mol. The Morgan fingerprint density at radius 3 is 1.37 bits per heavy atom. The Hall–Kier alpha value is -8.08. The number of benzene rings is 8. The van der Waals surface area contributed by atoms with Gasteiger partial charge in [0.1, 0.15) is 0 Å². The molecule has 4 nitrogen and oxygen atoms in total. The van der Waals surface area contributed by atoms with Gasteiger partial charge in [0.15, 0.2) is 0 Å². The number of imide groups is 1. The number of aromatic nitrogens is 1. The van der Waals surface area contributed by atoms with Gasteiger partial charge in [-0.15, -0.1) is 26.3 Å². The predicted molar refractivity (Wildman–Crippen MR) is 263 cm³/mol. The summed E-state index contributed by atoms with van der Waals surface area (Å²) in [6.07, 6.45) is 4.00. The van der Waals surface area contributed by atoms with Gasteiger partial charge in [-0.25, -0.2) is 4.90 Å². The molecule has 0 fully saturated rings. The number of carbonyl (C=O) groups is 2. The summed E-state index contributed by atoms with van der Waals surface area (Å²) < 4.78 is 2.18. The Morgan fingerprint density at radius 2 is 0.839 bits per heavy atom. The second-order valence-corrected chi connectivity index (χ2v) is 14.3. The third-order valence-corrected chi connectivity index (χ3v) is 10.9. The van der Waals surface area contributed by atoms with Crippen molar-refractivity contribution < 1.29 is 9.59 Å². The summed E-state index contributed by atoms with van der Waals surface area (Å²) in [6, 6.07) is 65.1. The van der Waals surface area contributed by atoms with E-state index in [0.29, 0.717) is 22.5 Å². The minimum Gasteiger partial charge on any atom is -0.308 e. The van der Waals surface area contributed by atoms with Crippen molar-refractivity contribution in [3.8, 4) is 50.2 Å². The highest BCUT2D eigenvalue weighted by Crippen LogP contribution is 2.47. The number of hydrogen-bond acceptors (Lipinski definition) is 2. The van der Waals surface area contributed by atoms with Crippen molar-refractivity contribution in [2.75, 3.05) is 4.90 Å². The molecule has 0 aliphatic carbocycles. The van der Waals surface area contributed by atoms with Crippen molar-refractivity contribution in [2.45, 2.75) is 13.8 Å². The van der Waals surface area contributed by atoms with Gasteiger partial charge >= 0.3 is 0 Å². The lowest BCUT2D eigenvalue weighted by molar-refractivity contribution is 0.0926. The highest BCUT2D eigenvalue weighted by Gasteiger charge is 2.42. The number of anilines is 1. The zero-order valence-corrected chi connectivity index (χ0v) is 35.2. The quantitative estimate of drug-likeness (QED) is 0.124. The van der Waals surface area contributed by atoms with Crippen LogP contribution in [0.5, 0.6) is 0 Å². The molecule has 302 valence electrons. The van der Waals surface area contributed by atoms with E-state index in [1.807, 2.05) is 147 Å². The van der Waals surface area contributed by atoms with E-state index in [4.69, 9.17) is 0 Å². The zero-order valence-electron chi connectivity index (χ0n) is 35.2. The van der Waals surface area contributed by atoms with Crippen LogP contribution in [0.3, 0.4) is 0 Å². The van der Waals surface area contributed by atoms with E-state index < -0.39 is 0 Å². The maximum Gasteiger partial charge on any atom is 0.268 e. The molecule has 1 aliphatic heterocycles. The Labute approximate surface area is 364 Å². The Morgan fingerprint density at radius 1 is 0.403 bits per heavy atom. The first-order valence-electron chi connectivity index (χ1n) is 20.6. The number of fused-ring (bicyclic) bond motifs is 4. The van der Waals surface area contributed by atoms with Crippen LogP contribution in [-0.2, 0) is 0 Å². The highest BCUT2D eigenvalue weighted by atomic mass is 16.2. The molecule has 0 unspecified atom stereocenters. The molecule has 0 radical (unpaired) electrons. The SMILES string of the molecule is C/C=C\C.C=C.C=C.O=C1c2cccc(-n3c4ccccc4c4cccc(-c5ccccc5)c43)c2C(=O)N1c1c(-c2ccccc2)cc(-c2ccccc2)cc1-c1ccccc1. The van der Waals surface area contributed by atoms with E-state index in [-0.39, 0.29) is 11.8 Å². The molecular formula is C58H48N2O2.